The maximum absolute atomic E-state index is 12.4. The van der Waals surface area contributed by atoms with Gasteiger partial charge in [0, 0.05) is 37.7 Å². The fraction of sp³-hybridized carbons (Fsp3) is 0.773. The van der Waals surface area contributed by atoms with E-state index in [0.29, 0.717) is 18.0 Å². The molecule has 28 heavy (non-hydrogen) atoms. The average Bonchev–Trinajstić information content (AvgIpc) is 3.24. The molecule has 6 heteroatoms. The average molecular weight is 386 g/mol. The van der Waals surface area contributed by atoms with Crippen LogP contribution in [0, 0.1) is 5.92 Å². The molecule has 3 aliphatic rings. The highest BCUT2D eigenvalue weighted by molar-refractivity contribution is 5.79. The number of carbonyl (C=O) groups is 1. The largest absolute Gasteiger partial charge is 0.362 e. The molecule has 0 saturated heterocycles. The first kappa shape index (κ1) is 19.5. The number of carbonyl (C=O) groups excluding carboxylic acids is 1. The van der Waals surface area contributed by atoms with Gasteiger partial charge in [-0.1, -0.05) is 12.8 Å². The summed E-state index contributed by atoms with van der Waals surface area (Å²) in [7, 11) is 4.14. The van der Waals surface area contributed by atoms with Gasteiger partial charge in [-0.3, -0.25) is 4.79 Å². The summed E-state index contributed by atoms with van der Waals surface area (Å²) in [5, 5.41) is 6.90. The predicted octanol–water partition coefficient (Wildman–Crippen LogP) is 3.45. The fourth-order valence-corrected chi connectivity index (χ4v) is 5.08. The van der Waals surface area contributed by atoms with Crippen molar-refractivity contribution in [2.45, 2.75) is 89.1 Å². The minimum absolute atomic E-state index is 0.268. The molecule has 1 aromatic heterocycles. The number of hydrogen-bond acceptors (Lipinski definition) is 5. The van der Waals surface area contributed by atoms with Crippen LogP contribution in [0.2, 0.25) is 0 Å². The Morgan fingerprint density at radius 3 is 2.29 bits per heavy atom. The third-order valence-electron chi connectivity index (χ3n) is 6.72. The lowest BCUT2D eigenvalue weighted by molar-refractivity contribution is -0.125. The summed E-state index contributed by atoms with van der Waals surface area (Å²) in [4.78, 5) is 24.2. The van der Waals surface area contributed by atoms with Gasteiger partial charge in [-0.05, 0) is 64.2 Å². The number of nitrogens with one attached hydrogen (secondary N) is 2. The maximum Gasteiger partial charge on any atom is 0.225 e. The van der Waals surface area contributed by atoms with E-state index < -0.39 is 0 Å². The van der Waals surface area contributed by atoms with Gasteiger partial charge in [0.05, 0.1) is 5.69 Å². The second-order valence-corrected chi connectivity index (χ2v) is 9.08. The molecule has 2 fully saturated rings. The Balaban J connectivity index is 1.33. The third-order valence-corrected chi connectivity index (χ3v) is 6.72. The first-order valence-electron chi connectivity index (χ1n) is 11.2. The van der Waals surface area contributed by atoms with E-state index >= 15 is 0 Å². The summed E-state index contributed by atoms with van der Waals surface area (Å²) >= 11 is 0. The maximum atomic E-state index is 12.4. The molecule has 2 saturated carbocycles. The minimum Gasteiger partial charge on any atom is -0.362 e. The molecular weight excluding hydrogens is 350 g/mol. The highest BCUT2D eigenvalue weighted by Crippen LogP contribution is 2.30. The van der Waals surface area contributed by atoms with Gasteiger partial charge in [0.2, 0.25) is 11.9 Å². The monoisotopic (exact) mass is 385 g/mol. The van der Waals surface area contributed by atoms with Crippen molar-refractivity contribution in [3.05, 3.63) is 11.3 Å². The molecule has 1 heterocycles. The van der Waals surface area contributed by atoms with E-state index in [1.165, 1.54) is 36.9 Å². The minimum atomic E-state index is 0.268. The van der Waals surface area contributed by atoms with Gasteiger partial charge < -0.3 is 15.5 Å². The van der Waals surface area contributed by atoms with Crippen molar-refractivity contribution in [2.24, 2.45) is 5.92 Å². The first-order chi connectivity index (χ1) is 13.6. The van der Waals surface area contributed by atoms with E-state index in [-0.39, 0.29) is 5.92 Å². The molecule has 0 unspecified atom stereocenters. The molecule has 0 radical (unpaired) electrons. The van der Waals surface area contributed by atoms with Crippen LogP contribution < -0.4 is 15.5 Å². The summed E-state index contributed by atoms with van der Waals surface area (Å²) in [5.41, 5.74) is 2.56. The molecule has 0 aliphatic heterocycles. The van der Waals surface area contributed by atoms with Crippen LogP contribution in [-0.2, 0) is 17.6 Å². The zero-order valence-electron chi connectivity index (χ0n) is 17.5. The second kappa shape index (κ2) is 8.66. The summed E-state index contributed by atoms with van der Waals surface area (Å²) in [6, 6.07) is 0.740. The summed E-state index contributed by atoms with van der Waals surface area (Å²) in [6.45, 7) is 0. The normalized spacial score (nSPS) is 25.2. The van der Waals surface area contributed by atoms with Gasteiger partial charge in [-0.2, -0.15) is 4.98 Å². The van der Waals surface area contributed by atoms with Gasteiger partial charge in [0.1, 0.15) is 5.82 Å². The number of aromatic nitrogens is 2. The number of amides is 1. The Bertz CT molecular complexity index is 690. The molecule has 154 valence electrons. The smallest absolute Gasteiger partial charge is 0.225 e. The second-order valence-electron chi connectivity index (χ2n) is 9.08. The van der Waals surface area contributed by atoms with Crippen LogP contribution in [-0.4, -0.2) is 42.1 Å². The van der Waals surface area contributed by atoms with Crippen molar-refractivity contribution in [2.75, 3.05) is 24.3 Å². The van der Waals surface area contributed by atoms with E-state index in [1.54, 1.807) is 0 Å². The van der Waals surface area contributed by atoms with E-state index in [9.17, 15) is 4.79 Å². The van der Waals surface area contributed by atoms with Crippen molar-refractivity contribution in [3.63, 3.8) is 0 Å². The van der Waals surface area contributed by atoms with Gasteiger partial charge >= 0.3 is 0 Å². The summed E-state index contributed by atoms with van der Waals surface area (Å²) in [6.07, 6.45) is 13.4. The van der Waals surface area contributed by atoms with Gasteiger partial charge in [-0.25, -0.2) is 4.98 Å². The van der Waals surface area contributed by atoms with Crippen LogP contribution >= 0.6 is 0 Å². The topological polar surface area (TPSA) is 70.2 Å². The molecule has 0 aromatic carbocycles. The quantitative estimate of drug-likeness (QED) is 0.812. The van der Waals surface area contributed by atoms with E-state index in [2.05, 4.69) is 29.6 Å². The van der Waals surface area contributed by atoms with Crippen molar-refractivity contribution < 1.29 is 4.79 Å². The number of anilines is 2. The van der Waals surface area contributed by atoms with Crippen LogP contribution in [0.4, 0.5) is 11.8 Å². The molecule has 0 atom stereocenters. The van der Waals surface area contributed by atoms with Gasteiger partial charge in [0.15, 0.2) is 0 Å². The van der Waals surface area contributed by atoms with Crippen LogP contribution in [0.1, 0.15) is 75.5 Å². The Kier molecular flexibility index (Phi) is 6.02. The van der Waals surface area contributed by atoms with Crippen molar-refractivity contribution in [1.82, 2.24) is 15.3 Å². The van der Waals surface area contributed by atoms with E-state index in [1.807, 2.05) is 0 Å². The standard InChI is InChI=1S/C22H35N5O/c1-27(2)20-18-9-5-6-10-19(18)25-22(26-20)24-17-13-11-16(12-14-17)23-21(28)15-7-3-4-8-15/h15-17H,3-14H2,1-2H3,(H,23,28)(H,24,25,26)/t16-,17+. The molecule has 2 N–H and O–H groups in total. The van der Waals surface area contributed by atoms with Crippen LogP contribution in [0.15, 0.2) is 0 Å². The Labute approximate surface area is 168 Å². The highest BCUT2D eigenvalue weighted by Gasteiger charge is 2.28. The van der Waals surface area contributed by atoms with Crippen LogP contribution in [0.5, 0.6) is 0 Å². The fourth-order valence-electron chi connectivity index (χ4n) is 5.08. The van der Waals surface area contributed by atoms with Crippen LogP contribution in [0.3, 0.4) is 0 Å². The Morgan fingerprint density at radius 1 is 0.893 bits per heavy atom. The molecule has 0 bridgehead atoms. The Morgan fingerprint density at radius 2 is 1.57 bits per heavy atom. The van der Waals surface area contributed by atoms with Gasteiger partial charge in [-0.15, -0.1) is 0 Å². The number of rotatable bonds is 5. The van der Waals surface area contributed by atoms with E-state index in [4.69, 9.17) is 9.97 Å². The van der Waals surface area contributed by atoms with Crippen molar-refractivity contribution >= 4 is 17.7 Å². The molecule has 0 spiro atoms. The SMILES string of the molecule is CN(C)c1nc(N[C@H]2CC[C@@H](NC(=O)C3CCCC3)CC2)nc2c1CCCC2. The third kappa shape index (κ3) is 4.41. The first-order valence-corrected chi connectivity index (χ1v) is 11.2. The lowest BCUT2D eigenvalue weighted by Gasteiger charge is -2.31. The van der Waals surface area contributed by atoms with Crippen molar-refractivity contribution in [3.8, 4) is 0 Å². The lowest BCUT2D eigenvalue weighted by Crippen LogP contribution is -2.42. The predicted molar refractivity (Wildman–Crippen MR) is 113 cm³/mol. The molecular formula is C22H35N5O. The molecule has 3 aliphatic carbocycles. The number of aryl methyl sites for hydroxylation is 1. The number of fused-ring (bicyclic) bond motifs is 1. The van der Waals surface area contributed by atoms with E-state index in [0.717, 1.165) is 63.1 Å². The molecule has 4 rings (SSSR count). The zero-order chi connectivity index (χ0) is 19.5. The Hall–Kier alpha value is -1.85. The van der Waals surface area contributed by atoms with Crippen molar-refractivity contribution in [1.29, 1.82) is 0 Å². The number of nitrogens with zero attached hydrogens (tertiary/aromatic N) is 3. The number of hydrogen-bond donors (Lipinski definition) is 2. The molecule has 1 aromatic rings. The van der Waals surface area contributed by atoms with Crippen LogP contribution in [0.25, 0.3) is 0 Å². The summed E-state index contributed by atoms with van der Waals surface area (Å²) < 4.78 is 0. The zero-order valence-corrected chi connectivity index (χ0v) is 17.5. The molecule has 6 nitrogen and oxygen atoms in total. The van der Waals surface area contributed by atoms with Gasteiger partial charge in [0.25, 0.3) is 0 Å². The summed E-state index contributed by atoms with van der Waals surface area (Å²) in [5.74, 6) is 2.42. The molecule has 1 amide bonds. The lowest BCUT2D eigenvalue weighted by atomic mass is 9.90. The highest BCUT2D eigenvalue weighted by atomic mass is 16.1.